The summed E-state index contributed by atoms with van der Waals surface area (Å²) >= 11 is 0. The van der Waals surface area contributed by atoms with Gasteiger partial charge in [0.05, 0.1) is 12.2 Å². The Kier molecular flexibility index (Phi) is 4.12. The molecule has 2 heterocycles. The Bertz CT molecular complexity index is 564. The number of hydrogen-bond donors (Lipinski definition) is 2. The van der Waals surface area contributed by atoms with Crippen LogP contribution >= 0.6 is 0 Å². The number of nitrogens with zero attached hydrogens (tertiary/aromatic N) is 3. The minimum atomic E-state index is -0.122. The van der Waals surface area contributed by atoms with Gasteiger partial charge in [0.1, 0.15) is 5.82 Å². The first-order valence-corrected chi connectivity index (χ1v) is 6.15. The van der Waals surface area contributed by atoms with Gasteiger partial charge in [-0.15, -0.1) is 0 Å². The minimum absolute atomic E-state index is 0.122. The number of aryl methyl sites for hydroxylation is 1. The molecule has 0 aliphatic rings. The zero-order valence-corrected chi connectivity index (χ0v) is 11.1. The van der Waals surface area contributed by atoms with Crippen LogP contribution in [0.2, 0.25) is 0 Å². The van der Waals surface area contributed by atoms with Crippen LogP contribution in [-0.2, 0) is 13.6 Å². The zero-order valence-electron chi connectivity index (χ0n) is 11.1. The standard InChI is InChI=1S/C13H17N5O/c1-3-14-12-8-10(4-6-15-12)13(19)16-9-11-5-7-17-18(11)2/h4-8H,3,9H2,1-2H3,(H,14,15)(H,16,19). The van der Waals surface area contributed by atoms with Gasteiger partial charge in [-0.3, -0.25) is 9.48 Å². The number of rotatable bonds is 5. The highest BCUT2D eigenvalue weighted by atomic mass is 16.1. The van der Waals surface area contributed by atoms with Crippen molar-refractivity contribution in [2.45, 2.75) is 13.5 Å². The lowest BCUT2D eigenvalue weighted by Crippen LogP contribution is -2.24. The number of nitrogens with one attached hydrogen (secondary N) is 2. The third-order valence-electron chi connectivity index (χ3n) is 2.73. The van der Waals surface area contributed by atoms with E-state index in [0.29, 0.717) is 17.9 Å². The molecule has 19 heavy (non-hydrogen) atoms. The summed E-state index contributed by atoms with van der Waals surface area (Å²) in [6.07, 6.45) is 3.33. The first-order chi connectivity index (χ1) is 9.20. The van der Waals surface area contributed by atoms with E-state index in [0.717, 1.165) is 12.2 Å². The molecule has 0 saturated heterocycles. The lowest BCUT2D eigenvalue weighted by molar-refractivity contribution is 0.0950. The van der Waals surface area contributed by atoms with Crippen LogP contribution in [0.4, 0.5) is 5.82 Å². The summed E-state index contributed by atoms with van der Waals surface area (Å²) in [4.78, 5) is 16.1. The first kappa shape index (κ1) is 13.1. The number of carbonyl (C=O) groups excluding carboxylic acids is 1. The van der Waals surface area contributed by atoms with Gasteiger partial charge < -0.3 is 10.6 Å². The molecule has 0 spiro atoms. The van der Waals surface area contributed by atoms with Crippen molar-refractivity contribution < 1.29 is 4.79 Å². The van der Waals surface area contributed by atoms with Crippen molar-refractivity contribution in [2.24, 2.45) is 7.05 Å². The molecular weight excluding hydrogens is 242 g/mol. The van der Waals surface area contributed by atoms with E-state index in [4.69, 9.17) is 0 Å². The van der Waals surface area contributed by atoms with Crippen LogP contribution in [-0.4, -0.2) is 27.2 Å². The third kappa shape index (κ3) is 3.31. The van der Waals surface area contributed by atoms with Crippen LogP contribution in [0.25, 0.3) is 0 Å². The molecule has 0 aliphatic carbocycles. The molecule has 0 fully saturated rings. The van der Waals surface area contributed by atoms with Gasteiger partial charge >= 0.3 is 0 Å². The Morgan fingerprint density at radius 1 is 1.37 bits per heavy atom. The topological polar surface area (TPSA) is 71.8 Å². The maximum atomic E-state index is 12.0. The minimum Gasteiger partial charge on any atom is -0.370 e. The van der Waals surface area contributed by atoms with E-state index in [2.05, 4.69) is 20.7 Å². The van der Waals surface area contributed by atoms with Crippen LogP contribution in [0.5, 0.6) is 0 Å². The van der Waals surface area contributed by atoms with Crippen LogP contribution < -0.4 is 10.6 Å². The Balaban J connectivity index is 2.00. The molecule has 0 saturated carbocycles. The predicted octanol–water partition coefficient (Wildman–Crippen LogP) is 1.18. The van der Waals surface area contributed by atoms with Crippen LogP contribution in [0.3, 0.4) is 0 Å². The van der Waals surface area contributed by atoms with Gasteiger partial charge in [-0.05, 0) is 25.1 Å². The van der Waals surface area contributed by atoms with Crippen molar-refractivity contribution in [1.82, 2.24) is 20.1 Å². The van der Waals surface area contributed by atoms with Crippen LogP contribution in [0.1, 0.15) is 23.0 Å². The molecule has 0 bridgehead atoms. The fourth-order valence-electron chi connectivity index (χ4n) is 1.70. The van der Waals surface area contributed by atoms with Crippen molar-refractivity contribution in [1.29, 1.82) is 0 Å². The Hall–Kier alpha value is -2.37. The van der Waals surface area contributed by atoms with Crippen molar-refractivity contribution in [2.75, 3.05) is 11.9 Å². The van der Waals surface area contributed by atoms with E-state index in [-0.39, 0.29) is 5.91 Å². The smallest absolute Gasteiger partial charge is 0.251 e. The molecular formula is C13H17N5O. The van der Waals surface area contributed by atoms with Gasteiger partial charge in [0.25, 0.3) is 5.91 Å². The number of carbonyl (C=O) groups is 1. The lowest BCUT2D eigenvalue weighted by atomic mass is 10.2. The maximum Gasteiger partial charge on any atom is 0.251 e. The monoisotopic (exact) mass is 259 g/mol. The molecule has 0 radical (unpaired) electrons. The molecule has 2 N–H and O–H groups in total. The molecule has 6 nitrogen and oxygen atoms in total. The first-order valence-electron chi connectivity index (χ1n) is 6.15. The predicted molar refractivity (Wildman–Crippen MR) is 72.8 cm³/mol. The molecule has 0 aromatic carbocycles. The SMILES string of the molecule is CCNc1cc(C(=O)NCc2ccnn2C)ccn1. The van der Waals surface area contributed by atoms with Gasteiger partial charge in [0.2, 0.25) is 0 Å². The molecule has 6 heteroatoms. The number of amides is 1. The molecule has 0 atom stereocenters. The molecule has 2 rings (SSSR count). The van der Waals surface area contributed by atoms with Crippen molar-refractivity contribution in [3.8, 4) is 0 Å². The summed E-state index contributed by atoms with van der Waals surface area (Å²) in [7, 11) is 1.84. The molecule has 0 aliphatic heterocycles. The van der Waals surface area contributed by atoms with E-state index in [1.165, 1.54) is 0 Å². The maximum absolute atomic E-state index is 12.0. The van der Waals surface area contributed by atoms with E-state index in [1.54, 1.807) is 29.2 Å². The molecule has 2 aromatic heterocycles. The third-order valence-corrected chi connectivity index (χ3v) is 2.73. The highest BCUT2D eigenvalue weighted by Crippen LogP contribution is 2.06. The van der Waals surface area contributed by atoms with Gasteiger partial charge in [-0.1, -0.05) is 0 Å². The van der Waals surface area contributed by atoms with Crippen LogP contribution in [0.15, 0.2) is 30.6 Å². The fourth-order valence-corrected chi connectivity index (χ4v) is 1.70. The number of aromatic nitrogens is 3. The van der Waals surface area contributed by atoms with Gasteiger partial charge in [-0.25, -0.2) is 4.98 Å². The second-order valence-electron chi connectivity index (χ2n) is 4.09. The lowest BCUT2D eigenvalue weighted by Gasteiger charge is -2.07. The largest absolute Gasteiger partial charge is 0.370 e. The zero-order chi connectivity index (χ0) is 13.7. The van der Waals surface area contributed by atoms with E-state index in [9.17, 15) is 4.79 Å². The van der Waals surface area contributed by atoms with Crippen molar-refractivity contribution >= 4 is 11.7 Å². The summed E-state index contributed by atoms with van der Waals surface area (Å²) in [6, 6.07) is 5.30. The van der Waals surface area contributed by atoms with E-state index in [1.807, 2.05) is 20.0 Å². The molecule has 0 unspecified atom stereocenters. The Morgan fingerprint density at radius 3 is 2.89 bits per heavy atom. The highest BCUT2D eigenvalue weighted by molar-refractivity contribution is 5.94. The highest BCUT2D eigenvalue weighted by Gasteiger charge is 2.07. The number of anilines is 1. The number of hydrogen-bond acceptors (Lipinski definition) is 4. The van der Waals surface area contributed by atoms with Gasteiger partial charge in [0, 0.05) is 31.5 Å². The second-order valence-corrected chi connectivity index (χ2v) is 4.09. The number of pyridine rings is 1. The summed E-state index contributed by atoms with van der Waals surface area (Å²) in [6.45, 7) is 3.21. The van der Waals surface area contributed by atoms with Crippen LogP contribution in [0, 0.1) is 0 Å². The molecule has 1 amide bonds. The summed E-state index contributed by atoms with van der Waals surface area (Å²) < 4.78 is 1.73. The Morgan fingerprint density at radius 2 is 2.21 bits per heavy atom. The quantitative estimate of drug-likeness (QED) is 0.845. The Labute approximate surface area is 111 Å². The molecule has 2 aromatic rings. The molecule has 100 valence electrons. The normalized spacial score (nSPS) is 10.2. The van der Waals surface area contributed by atoms with Gasteiger partial charge in [0.15, 0.2) is 0 Å². The van der Waals surface area contributed by atoms with Crippen molar-refractivity contribution in [3.63, 3.8) is 0 Å². The average molecular weight is 259 g/mol. The second kappa shape index (κ2) is 5.99. The average Bonchev–Trinajstić information content (AvgIpc) is 2.82. The fraction of sp³-hybridized carbons (Fsp3) is 0.308. The van der Waals surface area contributed by atoms with E-state index < -0.39 is 0 Å². The van der Waals surface area contributed by atoms with E-state index >= 15 is 0 Å². The van der Waals surface area contributed by atoms with Crippen molar-refractivity contribution in [3.05, 3.63) is 41.9 Å². The summed E-state index contributed by atoms with van der Waals surface area (Å²) in [5, 5.41) is 9.98. The summed E-state index contributed by atoms with van der Waals surface area (Å²) in [5.41, 5.74) is 1.54. The summed E-state index contributed by atoms with van der Waals surface area (Å²) in [5.74, 6) is 0.582. The van der Waals surface area contributed by atoms with Gasteiger partial charge in [-0.2, -0.15) is 5.10 Å².